The van der Waals surface area contributed by atoms with Crippen LogP contribution in [-0.4, -0.2) is 12.1 Å². The summed E-state index contributed by atoms with van der Waals surface area (Å²) >= 11 is 1.51. The number of oxazole rings is 1. The number of benzene rings is 2. The molecule has 1 heterocycles. The van der Waals surface area contributed by atoms with Gasteiger partial charge in [-0.15, -0.1) is 0 Å². The van der Waals surface area contributed by atoms with Gasteiger partial charge in [-0.2, -0.15) is 0 Å². The van der Waals surface area contributed by atoms with Gasteiger partial charge in [0.1, 0.15) is 11.3 Å². The molecule has 96 valence electrons. The average molecular weight is 271 g/mol. The van der Waals surface area contributed by atoms with Crippen LogP contribution < -0.4 is 4.74 Å². The summed E-state index contributed by atoms with van der Waals surface area (Å²) < 4.78 is 10.8. The number of hydrogen-bond donors (Lipinski definition) is 0. The quantitative estimate of drug-likeness (QED) is 0.711. The fourth-order valence-electron chi connectivity index (χ4n) is 1.80. The van der Waals surface area contributed by atoms with Crippen molar-refractivity contribution in [2.24, 2.45) is 0 Å². The summed E-state index contributed by atoms with van der Waals surface area (Å²) in [5.41, 5.74) is 2.90. The van der Waals surface area contributed by atoms with Gasteiger partial charge in [0, 0.05) is 4.90 Å². The molecule has 0 unspecified atom stereocenters. The van der Waals surface area contributed by atoms with E-state index in [0.717, 1.165) is 21.7 Å². The highest BCUT2D eigenvalue weighted by Gasteiger charge is 2.07. The molecule has 0 N–H and O–H groups in total. The Balaban J connectivity index is 1.87. The zero-order valence-corrected chi connectivity index (χ0v) is 11.5. The molecule has 0 radical (unpaired) electrons. The van der Waals surface area contributed by atoms with Gasteiger partial charge in [0.25, 0.3) is 5.22 Å². The molecule has 0 aliphatic heterocycles. The molecule has 2 aromatic carbocycles. The number of rotatable bonds is 3. The Morgan fingerprint density at radius 2 is 1.89 bits per heavy atom. The summed E-state index contributed by atoms with van der Waals surface area (Å²) in [5, 5.41) is 0.658. The first-order valence-electron chi connectivity index (χ1n) is 5.94. The highest BCUT2D eigenvalue weighted by atomic mass is 32.2. The maximum atomic E-state index is 5.70. The third-order valence-electron chi connectivity index (χ3n) is 2.79. The third-order valence-corrected chi connectivity index (χ3v) is 3.65. The number of aryl methyl sites for hydroxylation is 1. The Morgan fingerprint density at radius 1 is 1.11 bits per heavy atom. The monoisotopic (exact) mass is 271 g/mol. The Labute approximate surface area is 115 Å². The molecule has 0 amide bonds. The summed E-state index contributed by atoms with van der Waals surface area (Å²) in [5.74, 6) is 0.845. The van der Waals surface area contributed by atoms with Crippen molar-refractivity contribution in [3.63, 3.8) is 0 Å². The van der Waals surface area contributed by atoms with Crippen LogP contribution in [0.15, 0.2) is 57.0 Å². The topological polar surface area (TPSA) is 35.3 Å². The third kappa shape index (κ3) is 2.58. The van der Waals surface area contributed by atoms with Gasteiger partial charge in [-0.1, -0.05) is 6.07 Å². The van der Waals surface area contributed by atoms with Gasteiger partial charge in [-0.3, -0.25) is 0 Å². The Bertz CT molecular complexity index is 704. The van der Waals surface area contributed by atoms with Crippen LogP contribution in [0, 0.1) is 6.92 Å². The minimum atomic E-state index is 0.658. The molecule has 0 saturated carbocycles. The van der Waals surface area contributed by atoms with E-state index in [0.29, 0.717) is 5.22 Å². The van der Waals surface area contributed by atoms with E-state index in [9.17, 15) is 0 Å². The molecule has 1 aromatic heterocycles. The van der Waals surface area contributed by atoms with Crippen LogP contribution in [0.4, 0.5) is 0 Å². The van der Waals surface area contributed by atoms with Crippen LogP contribution in [0.1, 0.15) is 5.56 Å². The highest BCUT2D eigenvalue weighted by Crippen LogP contribution is 2.31. The number of ether oxygens (including phenoxy) is 1. The van der Waals surface area contributed by atoms with Crippen molar-refractivity contribution >= 4 is 22.9 Å². The number of methoxy groups -OCH3 is 1. The van der Waals surface area contributed by atoms with E-state index in [4.69, 9.17) is 9.15 Å². The molecular weight excluding hydrogens is 258 g/mol. The number of hydrogen-bond acceptors (Lipinski definition) is 4. The fraction of sp³-hybridized carbons (Fsp3) is 0.133. The van der Waals surface area contributed by atoms with E-state index in [1.807, 2.05) is 49.4 Å². The molecule has 4 heteroatoms. The summed E-state index contributed by atoms with van der Waals surface area (Å²) in [6.07, 6.45) is 0. The lowest BCUT2D eigenvalue weighted by Crippen LogP contribution is -1.81. The van der Waals surface area contributed by atoms with E-state index in [1.54, 1.807) is 7.11 Å². The van der Waals surface area contributed by atoms with Gasteiger partial charge >= 0.3 is 0 Å². The first kappa shape index (κ1) is 12.1. The number of nitrogens with zero attached hydrogens (tertiary/aromatic N) is 1. The molecule has 3 aromatic rings. The summed E-state index contributed by atoms with van der Waals surface area (Å²) in [6.45, 7) is 2.05. The summed E-state index contributed by atoms with van der Waals surface area (Å²) in [7, 11) is 1.66. The lowest BCUT2D eigenvalue weighted by molar-refractivity contribution is 0.414. The van der Waals surface area contributed by atoms with Crippen LogP contribution in [0.5, 0.6) is 5.75 Å². The number of fused-ring (bicyclic) bond motifs is 1. The molecular formula is C15H13NO2S. The van der Waals surface area contributed by atoms with Crippen molar-refractivity contribution in [3.8, 4) is 5.75 Å². The highest BCUT2D eigenvalue weighted by molar-refractivity contribution is 7.99. The smallest absolute Gasteiger partial charge is 0.261 e. The van der Waals surface area contributed by atoms with E-state index in [-0.39, 0.29) is 0 Å². The van der Waals surface area contributed by atoms with Crippen molar-refractivity contribution in [2.75, 3.05) is 7.11 Å². The standard InChI is InChI=1S/C15H13NO2S/c1-10-3-8-14-13(9-10)16-15(18-14)19-12-6-4-11(17-2)5-7-12/h3-9H,1-2H3. The minimum absolute atomic E-state index is 0.658. The molecule has 19 heavy (non-hydrogen) atoms. The average Bonchev–Trinajstić information content (AvgIpc) is 2.81. The molecule has 0 bridgehead atoms. The molecule has 3 nitrogen and oxygen atoms in total. The van der Waals surface area contributed by atoms with Crippen molar-refractivity contribution in [1.29, 1.82) is 0 Å². The maximum Gasteiger partial charge on any atom is 0.261 e. The molecule has 0 fully saturated rings. The second-order valence-corrected chi connectivity index (χ2v) is 5.25. The van der Waals surface area contributed by atoms with E-state index in [1.165, 1.54) is 17.3 Å². The van der Waals surface area contributed by atoms with E-state index in [2.05, 4.69) is 4.98 Å². The zero-order chi connectivity index (χ0) is 13.2. The second-order valence-electron chi connectivity index (χ2n) is 4.23. The lowest BCUT2D eigenvalue weighted by atomic mass is 10.2. The largest absolute Gasteiger partial charge is 0.497 e. The maximum absolute atomic E-state index is 5.70. The predicted molar refractivity (Wildman–Crippen MR) is 75.9 cm³/mol. The van der Waals surface area contributed by atoms with Gasteiger partial charge in [0.15, 0.2) is 5.58 Å². The van der Waals surface area contributed by atoms with Crippen molar-refractivity contribution in [3.05, 3.63) is 48.0 Å². The first-order chi connectivity index (χ1) is 9.24. The van der Waals surface area contributed by atoms with Gasteiger partial charge in [0.2, 0.25) is 0 Å². The van der Waals surface area contributed by atoms with E-state index < -0.39 is 0 Å². The summed E-state index contributed by atoms with van der Waals surface area (Å²) in [4.78, 5) is 5.55. The van der Waals surface area contributed by atoms with Gasteiger partial charge in [0.05, 0.1) is 7.11 Å². The fourth-order valence-corrected chi connectivity index (χ4v) is 2.55. The van der Waals surface area contributed by atoms with Crippen LogP contribution in [0.3, 0.4) is 0 Å². The zero-order valence-electron chi connectivity index (χ0n) is 10.7. The van der Waals surface area contributed by atoms with Gasteiger partial charge < -0.3 is 9.15 Å². The molecule has 0 saturated heterocycles. The van der Waals surface area contributed by atoms with E-state index >= 15 is 0 Å². The van der Waals surface area contributed by atoms with Crippen LogP contribution in [-0.2, 0) is 0 Å². The predicted octanol–water partition coefficient (Wildman–Crippen LogP) is 4.30. The Kier molecular flexibility index (Phi) is 3.17. The molecule has 0 spiro atoms. The lowest BCUT2D eigenvalue weighted by Gasteiger charge is -2.00. The van der Waals surface area contributed by atoms with Gasteiger partial charge in [-0.25, -0.2) is 4.98 Å². The Hall–Kier alpha value is -1.94. The van der Waals surface area contributed by atoms with Crippen LogP contribution >= 0.6 is 11.8 Å². The molecule has 0 atom stereocenters. The molecule has 0 aliphatic carbocycles. The Morgan fingerprint density at radius 3 is 2.63 bits per heavy atom. The second kappa shape index (κ2) is 4.97. The number of aromatic nitrogens is 1. The van der Waals surface area contributed by atoms with Crippen LogP contribution in [0.2, 0.25) is 0 Å². The van der Waals surface area contributed by atoms with Crippen LogP contribution in [0.25, 0.3) is 11.1 Å². The minimum Gasteiger partial charge on any atom is -0.497 e. The normalized spacial score (nSPS) is 10.8. The van der Waals surface area contributed by atoms with Crippen molar-refractivity contribution in [1.82, 2.24) is 4.98 Å². The molecule has 3 rings (SSSR count). The summed E-state index contributed by atoms with van der Waals surface area (Å²) in [6, 6.07) is 13.8. The van der Waals surface area contributed by atoms with Crippen molar-refractivity contribution < 1.29 is 9.15 Å². The first-order valence-corrected chi connectivity index (χ1v) is 6.75. The van der Waals surface area contributed by atoms with Crippen molar-refractivity contribution in [2.45, 2.75) is 17.0 Å². The van der Waals surface area contributed by atoms with Gasteiger partial charge in [-0.05, 0) is 60.6 Å². The molecule has 0 aliphatic rings. The SMILES string of the molecule is COc1ccc(Sc2nc3cc(C)ccc3o2)cc1.